The summed E-state index contributed by atoms with van der Waals surface area (Å²) < 4.78 is 8.39. The van der Waals surface area contributed by atoms with Gasteiger partial charge in [0.15, 0.2) is 5.58 Å². The van der Waals surface area contributed by atoms with Crippen LogP contribution in [0.1, 0.15) is 37.5 Å². The summed E-state index contributed by atoms with van der Waals surface area (Å²) in [6, 6.07) is 7.41. The van der Waals surface area contributed by atoms with Crippen molar-refractivity contribution < 1.29 is 4.42 Å². The van der Waals surface area contributed by atoms with Crippen LogP contribution < -0.4 is 5.32 Å². The highest BCUT2D eigenvalue weighted by molar-refractivity contribution is 9.10. The maximum atomic E-state index is 9.02. The first-order valence-electron chi connectivity index (χ1n) is 9.69. The van der Waals surface area contributed by atoms with E-state index in [9.17, 15) is 0 Å². The number of aromatic nitrogens is 3. The van der Waals surface area contributed by atoms with Crippen LogP contribution >= 0.6 is 15.9 Å². The number of pyridine rings is 1. The standard InChI is InChI=1S/C20H21BrN6O/c21-19-17-8-16(9-22)28-18(17)10-23-20(19)25-13-2-4-14(5-3-13)26-11-15(12-26)27-7-1-6-24-27/h1,6-8,10,13-15H,2-5,11-12H2,(H,23,25). The van der Waals surface area contributed by atoms with Crippen LogP contribution in [0, 0.1) is 11.3 Å². The molecular formula is C20H21BrN6O. The predicted molar refractivity (Wildman–Crippen MR) is 109 cm³/mol. The molecule has 7 nitrogen and oxygen atoms in total. The van der Waals surface area contributed by atoms with E-state index in [0.29, 0.717) is 29.5 Å². The Morgan fingerprint density at radius 2 is 2.04 bits per heavy atom. The fraction of sp³-hybridized carbons (Fsp3) is 0.450. The molecule has 1 aliphatic carbocycles. The highest BCUT2D eigenvalue weighted by Gasteiger charge is 2.35. The third kappa shape index (κ3) is 3.19. The smallest absolute Gasteiger partial charge is 0.204 e. The van der Waals surface area contributed by atoms with Crippen LogP contribution in [-0.2, 0) is 0 Å². The summed E-state index contributed by atoms with van der Waals surface area (Å²) in [4.78, 5) is 7.08. The molecule has 1 N–H and O–H groups in total. The molecule has 28 heavy (non-hydrogen) atoms. The van der Waals surface area contributed by atoms with Crippen LogP contribution in [0.25, 0.3) is 11.0 Å². The van der Waals surface area contributed by atoms with Gasteiger partial charge in [0.25, 0.3) is 0 Å². The third-order valence-electron chi connectivity index (χ3n) is 5.97. The second kappa shape index (κ2) is 7.22. The third-order valence-corrected chi connectivity index (χ3v) is 6.77. The van der Waals surface area contributed by atoms with Crippen LogP contribution in [0.2, 0.25) is 0 Å². The van der Waals surface area contributed by atoms with Crippen LogP contribution in [0.15, 0.2) is 39.6 Å². The first kappa shape index (κ1) is 17.7. The normalized spacial score (nSPS) is 23.4. The van der Waals surface area contributed by atoms with Gasteiger partial charge in [-0.25, -0.2) is 4.98 Å². The number of nitrogens with one attached hydrogen (secondary N) is 1. The monoisotopic (exact) mass is 440 g/mol. The second-order valence-electron chi connectivity index (χ2n) is 7.66. The molecule has 0 bridgehead atoms. The fourth-order valence-corrected chi connectivity index (χ4v) is 4.89. The van der Waals surface area contributed by atoms with E-state index in [0.717, 1.165) is 41.6 Å². The van der Waals surface area contributed by atoms with Crippen molar-refractivity contribution in [2.45, 2.75) is 43.8 Å². The van der Waals surface area contributed by atoms with E-state index in [4.69, 9.17) is 9.68 Å². The van der Waals surface area contributed by atoms with E-state index in [-0.39, 0.29) is 0 Å². The molecule has 8 heteroatoms. The Labute approximate surface area is 171 Å². The number of rotatable bonds is 4. The minimum atomic E-state index is 0.304. The zero-order valence-electron chi connectivity index (χ0n) is 15.4. The van der Waals surface area contributed by atoms with Crippen molar-refractivity contribution in [1.29, 1.82) is 5.26 Å². The van der Waals surface area contributed by atoms with Crippen LogP contribution in [0.5, 0.6) is 0 Å². The number of likely N-dealkylation sites (tertiary alicyclic amines) is 1. The van der Waals surface area contributed by atoms with Gasteiger partial charge in [0, 0.05) is 49.0 Å². The van der Waals surface area contributed by atoms with Crippen LogP contribution in [0.3, 0.4) is 0 Å². The highest BCUT2D eigenvalue weighted by Crippen LogP contribution is 2.35. The van der Waals surface area contributed by atoms with Crippen molar-refractivity contribution in [3.05, 3.63) is 41.0 Å². The Kier molecular flexibility index (Phi) is 4.57. The van der Waals surface area contributed by atoms with Gasteiger partial charge in [-0.2, -0.15) is 10.4 Å². The lowest BCUT2D eigenvalue weighted by molar-refractivity contribution is 0.0346. The van der Waals surface area contributed by atoms with E-state index < -0.39 is 0 Å². The van der Waals surface area contributed by atoms with Crippen LogP contribution in [0.4, 0.5) is 5.82 Å². The Bertz CT molecular complexity index is 1010. The number of hydrogen-bond donors (Lipinski definition) is 1. The molecule has 4 heterocycles. The maximum Gasteiger partial charge on any atom is 0.204 e. The summed E-state index contributed by atoms with van der Waals surface area (Å²) in [5, 5.41) is 17.8. The molecule has 2 fully saturated rings. The maximum absolute atomic E-state index is 9.02. The summed E-state index contributed by atoms with van der Waals surface area (Å²) >= 11 is 3.62. The number of nitriles is 1. The van der Waals surface area contributed by atoms with Gasteiger partial charge >= 0.3 is 0 Å². The summed E-state index contributed by atoms with van der Waals surface area (Å²) in [5.41, 5.74) is 0.627. The SMILES string of the molecule is N#Cc1cc2c(Br)c(NC3CCC(N4CC(n5cccn5)C4)CC3)ncc2o1. The minimum Gasteiger partial charge on any atom is -0.444 e. The van der Waals surface area contributed by atoms with Gasteiger partial charge in [-0.15, -0.1) is 0 Å². The topological polar surface area (TPSA) is 82.9 Å². The predicted octanol–water partition coefficient (Wildman–Crippen LogP) is 3.94. The largest absolute Gasteiger partial charge is 0.444 e. The Balaban J connectivity index is 1.17. The van der Waals surface area contributed by atoms with Crippen LogP contribution in [-0.4, -0.2) is 44.8 Å². The first-order chi connectivity index (χ1) is 13.7. The van der Waals surface area contributed by atoms with E-state index in [2.05, 4.69) is 47.1 Å². The van der Waals surface area contributed by atoms with Gasteiger partial charge < -0.3 is 9.73 Å². The highest BCUT2D eigenvalue weighted by atomic mass is 79.9. The van der Waals surface area contributed by atoms with Gasteiger partial charge in [-0.1, -0.05) is 0 Å². The minimum absolute atomic E-state index is 0.304. The molecule has 2 aliphatic rings. The summed E-state index contributed by atoms with van der Waals surface area (Å²) in [6.07, 6.45) is 10.3. The molecule has 3 aromatic heterocycles. The van der Waals surface area contributed by atoms with Gasteiger partial charge in [0.1, 0.15) is 11.9 Å². The zero-order valence-corrected chi connectivity index (χ0v) is 17.0. The molecule has 1 saturated carbocycles. The summed E-state index contributed by atoms with van der Waals surface area (Å²) in [6.45, 7) is 2.21. The average molecular weight is 441 g/mol. The van der Waals surface area contributed by atoms with Crippen molar-refractivity contribution in [2.24, 2.45) is 0 Å². The van der Waals surface area contributed by atoms with Crippen molar-refractivity contribution in [2.75, 3.05) is 18.4 Å². The molecule has 144 valence electrons. The number of hydrogen-bond acceptors (Lipinski definition) is 6. The molecular weight excluding hydrogens is 420 g/mol. The van der Waals surface area contributed by atoms with Crippen molar-refractivity contribution >= 4 is 32.7 Å². The van der Waals surface area contributed by atoms with Gasteiger partial charge in [0.05, 0.1) is 16.7 Å². The Morgan fingerprint density at radius 3 is 2.75 bits per heavy atom. The number of nitrogens with zero attached hydrogens (tertiary/aromatic N) is 5. The van der Waals surface area contributed by atoms with Gasteiger partial charge in [-0.05, 0) is 47.7 Å². The Hall–Kier alpha value is -2.37. The van der Waals surface area contributed by atoms with Gasteiger partial charge in [0.2, 0.25) is 5.76 Å². The zero-order chi connectivity index (χ0) is 19.1. The fourth-order valence-electron chi connectivity index (χ4n) is 4.36. The molecule has 1 aliphatic heterocycles. The Morgan fingerprint density at radius 1 is 1.21 bits per heavy atom. The van der Waals surface area contributed by atoms with E-state index in [1.807, 2.05) is 18.3 Å². The molecule has 0 amide bonds. The van der Waals surface area contributed by atoms with E-state index >= 15 is 0 Å². The van der Waals surface area contributed by atoms with Crippen molar-refractivity contribution in [3.8, 4) is 6.07 Å². The molecule has 0 spiro atoms. The molecule has 1 saturated heterocycles. The molecule has 0 aromatic carbocycles. The quantitative estimate of drug-likeness (QED) is 0.661. The molecule has 0 unspecified atom stereocenters. The molecule has 0 atom stereocenters. The molecule has 0 radical (unpaired) electrons. The number of anilines is 1. The molecule has 3 aromatic rings. The van der Waals surface area contributed by atoms with Crippen molar-refractivity contribution in [1.82, 2.24) is 19.7 Å². The summed E-state index contributed by atoms with van der Waals surface area (Å²) in [7, 11) is 0. The van der Waals surface area contributed by atoms with Crippen molar-refractivity contribution in [3.63, 3.8) is 0 Å². The molecule has 5 rings (SSSR count). The van der Waals surface area contributed by atoms with Gasteiger partial charge in [-0.3, -0.25) is 9.58 Å². The first-order valence-corrected chi connectivity index (χ1v) is 10.5. The average Bonchev–Trinajstić information content (AvgIpc) is 3.34. The van der Waals surface area contributed by atoms with E-state index in [1.165, 1.54) is 12.8 Å². The lowest BCUT2D eigenvalue weighted by Gasteiger charge is -2.46. The second-order valence-corrected chi connectivity index (χ2v) is 8.46. The summed E-state index contributed by atoms with van der Waals surface area (Å²) in [5.74, 6) is 1.13. The lowest BCUT2D eigenvalue weighted by atomic mass is 9.88. The van der Waals surface area contributed by atoms with E-state index in [1.54, 1.807) is 12.3 Å². The number of fused-ring (bicyclic) bond motifs is 1. The lowest BCUT2D eigenvalue weighted by Crippen LogP contribution is -2.54. The number of furan rings is 1. The number of halogens is 1.